The van der Waals surface area contributed by atoms with Gasteiger partial charge in [0, 0.05) is 42.9 Å². The summed E-state index contributed by atoms with van der Waals surface area (Å²) in [4.78, 5) is 36.4. The Morgan fingerprint density at radius 2 is 2.08 bits per heavy atom. The first-order chi connectivity index (χ1) is 18.9. The number of rotatable bonds is 12. The first-order valence-corrected chi connectivity index (χ1v) is 13.4. The van der Waals surface area contributed by atoms with E-state index in [-0.39, 0.29) is 23.7 Å². The number of likely N-dealkylation sites (tertiary alicyclic amines) is 1. The Hall–Kier alpha value is -3.92. The van der Waals surface area contributed by atoms with Crippen molar-refractivity contribution < 1.29 is 23.5 Å². The summed E-state index contributed by atoms with van der Waals surface area (Å²) >= 11 is 0. The number of hydrogen-bond donors (Lipinski definition) is 2. The molecule has 0 radical (unpaired) electrons. The monoisotopic (exact) mass is 533 g/mol. The number of carbonyl (C=O) groups excluding carboxylic acids is 2. The van der Waals surface area contributed by atoms with Crippen LogP contribution >= 0.6 is 0 Å². The molecule has 1 unspecified atom stereocenters. The molecule has 10 nitrogen and oxygen atoms in total. The molecule has 1 amide bonds. The van der Waals surface area contributed by atoms with Crippen LogP contribution < -0.4 is 15.4 Å². The zero-order chi connectivity index (χ0) is 27.4. The fourth-order valence-corrected chi connectivity index (χ4v) is 5.01. The highest BCUT2D eigenvalue weighted by molar-refractivity contribution is 5.87. The van der Waals surface area contributed by atoms with E-state index < -0.39 is 6.23 Å². The van der Waals surface area contributed by atoms with Gasteiger partial charge in [-0.2, -0.15) is 0 Å². The molecule has 2 aliphatic heterocycles. The van der Waals surface area contributed by atoms with Crippen molar-refractivity contribution in [1.29, 1.82) is 0 Å². The number of unbranched alkanes of at least 4 members (excludes halogenated alkanes) is 2. The van der Waals surface area contributed by atoms with Gasteiger partial charge in [-0.3, -0.25) is 14.6 Å². The minimum atomic E-state index is -0.574. The lowest BCUT2D eigenvalue weighted by Crippen LogP contribution is -2.52. The second kappa shape index (κ2) is 11.9. The van der Waals surface area contributed by atoms with Crippen LogP contribution in [0, 0.1) is 12.8 Å². The van der Waals surface area contributed by atoms with E-state index in [2.05, 4.69) is 25.5 Å². The number of methoxy groups -OCH3 is 1. The van der Waals surface area contributed by atoms with Gasteiger partial charge < -0.3 is 29.4 Å². The number of carbonyl (C=O) groups is 2. The predicted molar refractivity (Wildman–Crippen MR) is 146 cm³/mol. The molecule has 0 spiro atoms. The van der Waals surface area contributed by atoms with Crippen LogP contribution in [0.5, 0.6) is 5.75 Å². The number of nitrogens with one attached hydrogen (secondary N) is 2. The van der Waals surface area contributed by atoms with Crippen molar-refractivity contribution in [1.82, 2.24) is 25.5 Å². The summed E-state index contributed by atoms with van der Waals surface area (Å²) in [7, 11) is 3.62. The summed E-state index contributed by atoms with van der Waals surface area (Å²) in [6.45, 7) is 3.44. The Bertz CT molecular complexity index is 1360. The maximum Gasteiger partial charge on any atom is 0.228 e. The molecule has 2 atom stereocenters. The molecular weight excluding hydrogens is 498 g/mol. The summed E-state index contributed by atoms with van der Waals surface area (Å²) in [6.07, 6.45) is 7.70. The van der Waals surface area contributed by atoms with Crippen molar-refractivity contribution in [3.63, 3.8) is 0 Å². The number of amides is 1. The third-order valence-corrected chi connectivity index (χ3v) is 7.23. The average molecular weight is 534 g/mol. The molecule has 1 fully saturated rings. The van der Waals surface area contributed by atoms with Crippen molar-refractivity contribution in [3.8, 4) is 17.1 Å². The number of ether oxygens (including phenoxy) is 2. The van der Waals surface area contributed by atoms with Crippen molar-refractivity contribution in [2.75, 3.05) is 27.2 Å². The van der Waals surface area contributed by atoms with Crippen molar-refractivity contribution in [3.05, 3.63) is 54.5 Å². The lowest BCUT2D eigenvalue weighted by Gasteiger charge is -2.35. The van der Waals surface area contributed by atoms with Crippen LogP contribution in [0.15, 0.2) is 47.3 Å². The number of pyridine rings is 1. The van der Waals surface area contributed by atoms with Gasteiger partial charge in [0.1, 0.15) is 18.1 Å². The van der Waals surface area contributed by atoms with E-state index in [9.17, 15) is 9.59 Å². The van der Waals surface area contributed by atoms with Crippen LogP contribution in [-0.4, -0.2) is 60.0 Å². The van der Waals surface area contributed by atoms with Crippen LogP contribution in [0.3, 0.4) is 0 Å². The molecule has 206 valence electrons. The molecular formula is C29H35N5O5. The van der Waals surface area contributed by atoms with E-state index in [1.54, 1.807) is 19.5 Å². The number of benzene rings is 1. The fraction of sp³-hybridized carbons (Fsp3) is 0.448. The van der Waals surface area contributed by atoms with Crippen molar-refractivity contribution >= 4 is 22.6 Å². The lowest BCUT2D eigenvalue weighted by atomic mass is 9.99. The number of oxazole rings is 1. The number of hydrogen-bond acceptors (Lipinski definition) is 9. The van der Waals surface area contributed by atoms with Gasteiger partial charge in [0.25, 0.3) is 0 Å². The van der Waals surface area contributed by atoms with Gasteiger partial charge in [-0.1, -0.05) is 18.9 Å². The molecule has 2 aliphatic rings. The highest BCUT2D eigenvalue weighted by Crippen LogP contribution is 2.35. The van der Waals surface area contributed by atoms with Crippen LogP contribution in [0.2, 0.25) is 0 Å². The third-order valence-electron chi connectivity index (χ3n) is 7.23. The smallest absolute Gasteiger partial charge is 0.228 e. The van der Waals surface area contributed by atoms with E-state index >= 15 is 0 Å². The number of Topliss-reactive ketones (excluding diaryl/α,β-unsaturated/α-hetero) is 1. The highest BCUT2D eigenvalue weighted by atomic mass is 16.5. The van der Waals surface area contributed by atoms with E-state index in [1.165, 1.54) is 6.26 Å². The maximum atomic E-state index is 12.9. The van der Waals surface area contributed by atoms with Crippen molar-refractivity contribution in [2.24, 2.45) is 5.92 Å². The predicted octanol–water partition coefficient (Wildman–Crippen LogP) is 3.86. The standard InChI is InChI=1S/C29H35N5O5/c1-18-9-10-19-13-21(25(37-3)14-23(19)32-18)26-15-31-28(39-26)22(33-27(36)20-16-34(2)17-20)7-5-4-6-8-24(35)29-30-11-12-38-29/h9-15,20,22,29-30H,4-8,16-17H2,1-3H3,(H,33,36)/t22-,29?/m0/s1. The Morgan fingerprint density at radius 1 is 1.23 bits per heavy atom. The molecule has 1 saturated heterocycles. The maximum absolute atomic E-state index is 12.9. The number of aryl methyl sites for hydroxylation is 1. The highest BCUT2D eigenvalue weighted by Gasteiger charge is 2.32. The molecule has 1 aromatic carbocycles. The summed E-state index contributed by atoms with van der Waals surface area (Å²) in [5, 5.41) is 7.01. The van der Waals surface area contributed by atoms with Gasteiger partial charge in [-0.05, 0) is 38.9 Å². The van der Waals surface area contributed by atoms with Crippen LogP contribution in [0.4, 0.5) is 0 Å². The van der Waals surface area contributed by atoms with Gasteiger partial charge in [-0.15, -0.1) is 0 Å². The van der Waals surface area contributed by atoms with Gasteiger partial charge in [-0.25, -0.2) is 4.98 Å². The van der Waals surface area contributed by atoms with E-state index in [0.29, 0.717) is 30.2 Å². The Balaban J connectivity index is 1.28. The van der Waals surface area contributed by atoms with Gasteiger partial charge in [0.15, 0.2) is 11.5 Å². The van der Waals surface area contributed by atoms with E-state index in [0.717, 1.165) is 54.5 Å². The lowest BCUT2D eigenvalue weighted by molar-refractivity contribution is -0.130. The van der Waals surface area contributed by atoms with Crippen LogP contribution in [0.1, 0.15) is 49.7 Å². The molecule has 10 heteroatoms. The fourth-order valence-electron chi connectivity index (χ4n) is 5.01. The quantitative estimate of drug-likeness (QED) is 0.335. The number of nitrogens with zero attached hydrogens (tertiary/aromatic N) is 3. The number of aromatic nitrogens is 2. The molecule has 2 N–H and O–H groups in total. The van der Waals surface area contributed by atoms with Gasteiger partial charge >= 0.3 is 0 Å². The molecule has 2 aromatic heterocycles. The summed E-state index contributed by atoms with van der Waals surface area (Å²) in [5.74, 6) is 1.67. The first kappa shape index (κ1) is 26.7. The van der Waals surface area contributed by atoms with Gasteiger partial charge in [0.05, 0.1) is 30.3 Å². The molecule has 5 rings (SSSR count). The zero-order valence-electron chi connectivity index (χ0n) is 22.6. The molecule has 39 heavy (non-hydrogen) atoms. The molecule has 4 heterocycles. The minimum absolute atomic E-state index is 0.00899. The van der Waals surface area contributed by atoms with Gasteiger partial charge in [0.2, 0.25) is 18.0 Å². The average Bonchev–Trinajstić information content (AvgIpc) is 3.62. The normalized spacial score (nSPS) is 17.9. The second-order valence-electron chi connectivity index (χ2n) is 10.3. The zero-order valence-corrected chi connectivity index (χ0v) is 22.6. The largest absolute Gasteiger partial charge is 0.496 e. The molecule has 0 aliphatic carbocycles. The van der Waals surface area contributed by atoms with E-state index in [1.807, 2.05) is 38.2 Å². The number of fused-ring (bicyclic) bond motifs is 1. The summed E-state index contributed by atoms with van der Waals surface area (Å²) in [6, 6.07) is 7.50. The second-order valence-corrected chi connectivity index (χ2v) is 10.3. The number of ketones is 1. The Kier molecular flexibility index (Phi) is 8.11. The molecule has 3 aromatic rings. The Labute approximate surface area is 227 Å². The summed E-state index contributed by atoms with van der Waals surface area (Å²) < 4.78 is 17.1. The SMILES string of the molecule is COc1cc2nc(C)ccc2cc1-c1cnc([C@H](CCCCCC(=O)C2NC=CO2)NC(=O)C2CN(C)C2)o1. The molecule has 0 bridgehead atoms. The first-order valence-electron chi connectivity index (χ1n) is 13.4. The third kappa shape index (κ3) is 6.22. The van der Waals surface area contributed by atoms with E-state index in [4.69, 9.17) is 13.9 Å². The summed E-state index contributed by atoms with van der Waals surface area (Å²) in [5.41, 5.74) is 2.55. The van der Waals surface area contributed by atoms with Crippen molar-refractivity contribution in [2.45, 2.75) is 51.3 Å². The van der Waals surface area contributed by atoms with Crippen LogP contribution in [-0.2, 0) is 14.3 Å². The molecule has 0 saturated carbocycles. The Morgan fingerprint density at radius 3 is 2.82 bits per heavy atom. The topological polar surface area (TPSA) is 119 Å². The minimum Gasteiger partial charge on any atom is -0.496 e. The van der Waals surface area contributed by atoms with Crippen LogP contribution in [0.25, 0.3) is 22.2 Å².